The maximum atomic E-state index is 12.7. The highest BCUT2D eigenvalue weighted by molar-refractivity contribution is 5.99. The van der Waals surface area contributed by atoms with Crippen LogP contribution in [0.5, 0.6) is 0 Å². The van der Waals surface area contributed by atoms with Gasteiger partial charge in [0.25, 0.3) is 5.91 Å². The average Bonchev–Trinajstić information content (AvgIpc) is 2.86. The lowest BCUT2D eigenvalue weighted by Crippen LogP contribution is -2.27. The number of carbonyl (C=O) groups is 1. The normalized spacial score (nSPS) is 19.0. The minimum atomic E-state index is -4.48. The quantitative estimate of drug-likeness (QED) is 0.892. The zero-order valence-electron chi connectivity index (χ0n) is 11.7. The molecular formula is C14H18F3N3O. The number of anilines is 1. The SMILES string of the molecule is CNCC1CCN(c2ccc(C(F)(F)F)cc2C(N)=O)C1. The average molecular weight is 301 g/mol. The number of primary amides is 1. The van der Waals surface area contributed by atoms with Crippen molar-refractivity contribution in [3.05, 3.63) is 29.3 Å². The van der Waals surface area contributed by atoms with Crippen molar-refractivity contribution >= 4 is 11.6 Å². The van der Waals surface area contributed by atoms with Gasteiger partial charge in [0.05, 0.1) is 11.1 Å². The summed E-state index contributed by atoms with van der Waals surface area (Å²) in [4.78, 5) is 13.4. The number of rotatable bonds is 4. The van der Waals surface area contributed by atoms with Gasteiger partial charge in [0.15, 0.2) is 0 Å². The van der Waals surface area contributed by atoms with E-state index in [1.807, 2.05) is 11.9 Å². The molecule has 3 N–H and O–H groups in total. The standard InChI is InChI=1S/C14H18F3N3O/c1-19-7-9-4-5-20(8-9)12-3-2-10(14(15,16)17)6-11(12)13(18)21/h2-3,6,9,19H,4-5,7-8H2,1H3,(H2,18,21). The summed E-state index contributed by atoms with van der Waals surface area (Å²) in [5.74, 6) is -0.425. The molecule has 0 radical (unpaired) electrons. The second-order valence-electron chi connectivity index (χ2n) is 5.25. The van der Waals surface area contributed by atoms with Gasteiger partial charge in [-0.3, -0.25) is 4.79 Å². The third-order valence-corrected chi connectivity index (χ3v) is 3.71. The van der Waals surface area contributed by atoms with Gasteiger partial charge < -0.3 is 16.0 Å². The van der Waals surface area contributed by atoms with Crippen molar-refractivity contribution in [1.82, 2.24) is 5.32 Å². The molecule has 21 heavy (non-hydrogen) atoms. The topological polar surface area (TPSA) is 58.4 Å². The third-order valence-electron chi connectivity index (χ3n) is 3.71. The van der Waals surface area contributed by atoms with Crippen LogP contribution in [-0.2, 0) is 6.18 Å². The number of halogens is 3. The summed E-state index contributed by atoms with van der Waals surface area (Å²) in [6, 6.07) is 3.17. The molecule has 0 bridgehead atoms. The van der Waals surface area contributed by atoms with Crippen LogP contribution in [0.3, 0.4) is 0 Å². The van der Waals surface area contributed by atoms with Gasteiger partial charge >= 0.3 is 6.18 Å². The summed E-state index contributed by atoms with van der Waals surface area (Å²) in [6.45, 7) is 2.24. The maximum Gasteiger partial charge on any atom is 0.416 e. The molecule has 1 amide bonds. The first-order valence-corrected chi connectivity index (χ1v) is 6.73. The lowest BCUT2D eigenvalue weighted by atomic mass is 10.1. The highest BCUT2D eigenvalue weighted by Gasteiger charge is 2.33. The molecule has 1 aromatic carbocycles. The molecule has 2 rings (SSSR count). The van der Waals surface area contributed by atoms with Crippen molar-refractivity contribution in [2.45, 2.75) is 12.6 Å². The third kappa shape index (κ3) is 3.47. The van der Waals surface area contributed by atoms with E-state index < -0.39 is 17.6 Å². The number of nitrogens with two attached hydrogens (primary N) is 1. The first-order chi connectivity index (χ1) is 9.82. The molecule has 0 saturated carbocycles. The summed E-state index contributed by atoms with van der Waals surface area (Å²) in [5, 5.41) is 3.08. The van der Waals surface area contributed by atoms with E-state index in [2.05, 4.69) is 5.32 Å². The molecule has 0 aromatic heterocycles. The largest absolute Gasteiger partial charge is 0.416 e. The molecule has 1 aliphatic heterocycles. The Balaban J connectivity index is 2.30. The van der Waals surface area contributed by atoms with Gasteiger partial charge in [-0.15, -0.1) is 0 Å². The number of hydrogen-bond donors (Lipinski definition) is 2. The van der Waals surface area contributed by atoms with Gasteiger partial charge in [0.1, 0.15) is 0 Å². The Morgan fingerprint density at radius 2 is 2.19 bits per heavy atom. The van der Waals surface area contributed by atoms with Crippen LogP contribution in [0, 0.1) is 5.92 Å². The van der Waals surface area contributed by atoms with Crippen LogP contribution < -0.4 is 16.0 Å². The fraction of sp³-hybridized carbons (Fsp3) is 0.500. The highest BCUT2D eigenvalue weighted by Crippen LogP contribution is 2.34. The Morgan fingerprint density at radius 3 is 2.76 bits per heavy atom. The summed E-state index contributed by atoms with van der Waals surface area (Å²) in [6.07, 6.45) is -3.55. The molecule has 1 unspecified atom stereocenters. The van der Waals surface area contributed by atoms with Crippen LogP contribution in [0.1, 0.15) is 22.3 Å². The van der Waals surface area contributed by atoms with Crippen molar-refractivity contribution < 1.29 is 18.0 Å². The molecule has 1 heterocycles. The van der Waals surface area contributed by atoms with E-state index >= 15 is 0 Å². The second kappa shape index (κ2) is 5.93. The molecule has 4 nitrogen and oxygen atoms in total. The van der Waals surface area contributed by atoms with E-state index in [1.54, 1.807) is 0 Å². The number of nitrogens with one attached hydrogen (secondary N) is 1. The number of hydrogen-bond acceptors (Lipinski definition) is 3. The number of nitrogens with zero attached hydrogens (tertiary/aromatic N) is 1. The van der Waals surface area contributed by atoms with Crippen molar-refractivity contribution in [2.24, 2.45) is 11.7 Å². The Kier molecular flexibility index (Phi) is 4.41. The highest BCUT2D eigenvalue weighted by atomic mass is 19.4. The minimum Gasteiger partial charge on any atom is -0.371 e. The number of amides is 1. The van der Waals surface area contributed by atoms with Gasteiger partial charge in [-0.2, -0.15) is 13.2 Å². The Hall–Kier alpha value is -1.76. The van der Waals surface area contributed by atoms with Crippen molar-refractivity contribution in [1.29, 1.82) is 0 Å². The van der Waals surface area contributed by atoms with E-state index in [0.717, 1.165) is 25.1 Å². The number of benzene rings is 1. The molecule has 1 saturated heterocycles. The van der Waals surface area contributed by atoms with Gasteiger partial charge in [0, 0.05) is 18.8 Å². The fourth-order valence-electron chi connectivity index (χ4n) is 2.69. The molecule has 1 aromatic rings. The summed E-state index contributed by atoms with van der Waals surface area (Å²) >= 11 is 0. The van der Waals surface area contributed by atoms with Crippen LogP contribution in [-0.4, -0.2) is 32.6 Å². The molecule has 0 aliphatic carbocycles. The Morgan fingerprint density at radius 1 is 1.48 bits per heavy atom. The molecular weight excluding hydrogens is 283 g/mol. The Labute approximate surface area is 121 Å². The van der Waals surface area contributed by atoms with Crippen LogP contribution in [0.25, 0.3) is 0 Å². The lowest BCUT2D eigenvalue weighted by molar-refractivity contribution is -0.137. The first kappa shape index (κ1) is 15.6. The van der Waals surface area contributed by atoms with Crippen molar-refractivity contribution in [3.63, 3.8) is 0 Å². The molecule has 1 fully saturated rings. The first-order valence-electron chi connectivity index (χ1n) is 6.73. The number of alkyl halides is 3. The van der Waals surface area contributed by atoms with E-state index in [1.165, 1.54) is 6.07 Å². The van der Waals surface area contributed by atoms with Gasteiger partial charge in [-0.1, -0.05) is 0 Å². The minimum absolute atomic E-state index is 0.0741. The lowest BCUT2D eigenvalue weighted by Gasteiger charge is -2.22. The Bertz CT molecular complexity index is 531. The van der Waals surface area contributed by atoms with Crippen LogP contribution in [0.4, 0.5) is 18.9 Å². The summed E-state index contributed by atoms with van der Waals surface area (Å²) in [7, 11) is 1.86. The molecule has 1 atom stereocenters. The van der Waals surface area contributed by atoms with Crippen molar-refractivity contribution in [2.75, 3.05) is 31.6 Å². The molecule has 1 aliphatic rings. The van der Waals surface area contributed by atoms with Crippen LogP contribution >= 0.6 is 0 Å². The summed E-state index contributed by atoms with van der Waals surface area (Å²) in [5.41, 5.74) is 4.79. The number of carbonyl (C=O) groups excluding carboxylic acids is 1. The predicted octanol–water partition coefficient (Wildman–Crippen LogP) is 1.85. The van der Waals surface area contributed by atoms with Gasteiger partial charge in [-0.05, 0) is 44.1 Å². The maximum absolute atomic E-state index is 12.7. The van der Waals surface area contributed by atoms with Crippen LogP contribution in [0.2, 0.25) is 0 Å². The molecule has 7 heteroatoms. The summed E-state index contributed by atoms with van der Waals surface area (Å²) < 4.78 is 38.2. The van der Waals surface area contributed by atoms with E-state index in [9.17, 15) is 18.0 Å². The monoisotopic (exact) mass is 301 g/mol. The molecule has 116 valence electrons. The fourth-order valence-corrected chi connectivity index (χ4v) is 2.69. The smallest absolute Gasteiger partial charge is 0.371 e. The van der Waals surface area contributed by atoms with E-state index in [0.29, 0.717) is 24.7 Å². The predicted molar refractivity (Wildman–Crippen MR) is 74.2 cm³/mol. The zero-order chi connectivity index (χ0) is 15.6. The second-order valence-corrected chi connectivity index (χ2v) is 5.25. The van der Waals surface area contributed by atoms with Gasteiger partial charge in [-0.25, -0.2) is 0 Å². The van der Waals surface area contributed by atoms with Gasteiger partial charge in [0.2, 0.25) is 0 Å². The van der Waals surface area contributed by atoms with E-state index in [-0.39, 0.29) is 5.56 Å². The molecule has 0 spiro atoms. The van der Waals surface area contributed by atoms with Crippen LogP contribution in [0.15, 0.2) is 18.2 Å². The van der Waals surface area contributed by atoms with E-state index in [4.69, 9.17) is 5.73 Å². The van der Waals surface area contributed by atoms with Crippen molar-refractivity contribution in [3.8, 4) is 0 Å². The zero-order valence-corrected chi connectivity index (χ0v) is 11.7.